The normalized spacial score (nSPS) is 17.2. The summed E-state index contributed by atoms with van der Waals surface area (Å²) in [6, 6.07) is 7.74. The first-order valence-corrected chi connectivity index (χ1v) is 13.2. The monoisotopic (exact) mass is 514 g/mol. The highest BCUT2D eigenvalue weighted by Crippen LogP contribution is 2.26. The Morgan fingerprint density at radius 1 is 1.24 bits per heavy atom. The topological polar surface area (TPSA) is 91.3 Å². The molecule has 2 heterocycles. The van der Waals surface area contributed by atoms with E-state index in [1.165, 1.54) is 16.0 Å². The second kappa shape index (κ2) is 15.2. The number of nitrogens with one attached hydrogen (secondary N) is 1. The van der Waals surface area contributed by atoms with Crippen LogP contribution in [0.4, 0.5) is 4.79 Å². The van der Waals surface area contributed by atoms with Crippen molar-refractivity contribution in [2.45, 2.75) is 86.4 Å². The Morgan fingerprint density at radius 3 is 2.32 bits per heavy atom. The third-order valence-electron chi connectivity index (χ3n) is 6.06. The van der Waals surface area contributed by atoms with Gasteiger partial charge in [-0.2, -0.15) is 0 Å². The number of carbonyl (C=O) groups excluding carboxylic acids is 3. The van der Waals surface area contributed by atoms with Gasteiger partial charge in [-0.1, -0.05) is 45.0 Å². The van der Waals surface area contributed by atoms with E-state index in [-0.39, 0.29) is 5.91 Å². The molecule has 8 nitrogen and oxygen atoms in total. The lowest BCUT2D eigenvalue weighted by Crippen LogP contribution is -2.48. The molecule has 1 N–H and O–H groups in total. The zero-order valence-corrected chi connectivity index (χ0v) is 24.1. The molecular formula is C29H46N4O4. The van der Waals surface area contributed by atoms with Gasteiger partial charge in [0.15, 0.2) is 0 Å². The van der Waals surface area contributed by atoms with Crippen molar-refractivity contribution < 1.29 is 19.1 Å². The fourth-order valence-electron chi connectivity index (χ4n) is 3.87. The molecule has 2 atom stereocenters. The minimum Gasteiger partial charge on any atom is -0.444 e. The zero-order valence-electron chi connectivity index (χ0n) is 24.1. The number of aliphatic imine (C=N–C) groups is 1. The maximum absolute atomic E-state index is 12.3. The lowest BCUT2D eigenvalue weighted by atomic mass is 10.0. The standard InChI is InChI=1S/C14H26N2O3.C13H14N2O.C2H6/c1-10-7-8-16(9-10)12(17)11(2)15(6)13(18)19-14(3,4)5;1-10-13(6-7-15-10)12-4-2-11(3-5-12)8-14-9-16;1-2/h10-11H,7-9H2,1-6H3;2-5,7,9H,6,8H2,1H3,(H,14,16);1-2H3. The van der Waals surface area contributed by atoms with Crippen molar-refractivity contribution in [1.29, 1.82) is 0 Å². The Labute approximate surface area is 223 Å². The van der Waals surface area contributed by atoms with Crippen LogP contribution in [0.15, 0.2) is 35.0 Å². The molecule has 0 spiro atoms. The molecule has 2 aliphatic rings. The first-order chi connectivity index (χ1) is 17.4. The van der Waals surface area contributed by atoms with Gasteiger partial charge in [-0.05, 0) is 63.7 Å². The van der Waals surface area contributed by atoms with Crippen LogP contribution in [-0.4, -0.2) is 66.2 Å². The van der Waals surface area contributed by atoms with Gasteiger partial charge in [-0.15, -0.1) is 0 Å². The molecule has 1 aromatic carbocycles. The van der Waals surface area contributed by atoms with Crippen LogP contribution in [0.2, 0.25) is 0 Å². The number of carbonyl (C=O) groups is 3. The highest BCUT2D eigenvalue weighted by Gasteiger charge is 2.32. The number of amides is 3. The van der Waals surface area contributed by atoms with E-state index in [0.717, 1.165) is 37.2 Å². The molecule has 0 aromatic heterocycles. The first kappa shape index (κ1) is 31.9. The minimum atomic E-state index is -0.545. The van der Waals surface area contributed by atoms with E-state index in [9.17, 15) is 14.4 Å². The summed E-state index contributed by atoms with van der Waals surface area (Å²) in [5.41, 5.74) is 4.16. The largest absolute Gasteiger partial charge is 0.444 e. The molecule has 0 radical (unpaired) electrons. The highest BCUT2D eigenvalue weighted by molar-refractivity contribution is 5.86. The second-order valence-electron chi connectivity index (χ2n) is 10.2. The van der Waals surface area contributed by atoms with Crippen LogP contribution < -0.4 is 5.32 Å². The molecule has 2 unspecified atom stereocenters. The second-order valence-corrected chi connectivity index (χ2v) is 10.2. The molecule has 206 valence electrons. The maximum Gasteiger partial charge on any atom is 0.410 e. The Kier molecular flexibility index (Phi) is 13.1. The van der Waals surface area contributed by atoms with Gasteiger partial charge >= 0.3 is 6.09 Å². The molecule has 3 rings (SSSR count). The molecule has 0 bridgehead atoms. The fraction of sp³-hybridized carbons (Fsp3) is 0.586. The van der Waals surface area contributed by atoms with Gasteiger partial charge in [0.2, 0.25) is 12.3 Å². The van der Waals surface area contributed by atoms with E-state index >= 15 is 0 Å². The molecular weight excluding hydrogens is 468 g/mol. The number of likely N-dealkylation sites (N-methyl/N-ethyl adjacent to an activating group) is 1. The van der Waals surface area contributed by atoms with Gasteiger partial charge in [-0.3, -0.25) is 19.5 Å². The van der Waals surface area contributed by atoms with E-state index < -0.39 is 17.7 Å². The fourth-order valence-corrected chi connectivity index (χ4v) is 3.87. The molecule has 3 amide bonds. The van der Waals surface area contributed by atoms with Crippen molar-refractivity contribution in [3.63, 3.8) is 0 Å². The van der Waals surface area contributed by atoms with E-state index in [2.05, 4.69) is 29.4 Å². The summed E-state index contributed by atoms with van der Waals surface area (Å²) in [5.74, 6) is 0.542. The molecule has 1 saturated heterocycles. The number of hydrogen-bond donors (Lipinski definition) is 1. The third-order valence-corrected chi connectivity index (χ3v) is 6.06. The number of nitrogens with zero attached hydrogens (tertiary/aromatic N) is 3. The van der Waals surface area contributed by atoms with Gasteiger partial charge < -0.3 is 15.0 Å². The summed E-state index contributed by atoms with van der Waals surface area (Å²) in [4.78, 5) is 41.8. The van der Waals surface area contributed by atoms with Crippen molar-refractivity contribution in [3.8, 4) is 0 Å². The third kappa shape index (κ3) is 10.4. The number of benzene rings is 1. The van der Waals surface area contributed by atoms with Crippen molar-refractivity contribution in [2.75, 3.05) is 20.1 Å². The van der Waals surface area contributed by atoms with Crippen LogP contribution in [0.25, 0.3) is 5.57 Å². The van der Waals surface area contributed by atoms with Crippen molar-refractivity contribution in [1.82, 2.24) is 15.1 Å². The van der Waals surface area contributed by atoms with Crippen LogP contribution >= 0.6 is 0 Å². The van der Waals surface area contributed by atoms with Crippen LogP contribution in [0.1, 0.15) is 79.4 Å². The van der Waals surface area contributed by atoms with Crippen molar-refractivity contribution >= 4 is 30.2 Å². The SMILES string of the molecule is CC.CC1=C(c2ccc(CNC=O)cc2)CC=N1.CC1CCN(C(=O)C(C)N(C)C(=O)OC(C)(C)C)C1. The quantitative estimate of drug-likeness (QED) is 0.523. The van der Waals surface area contributed by atoms with Gasteiger partial charge in [-0.25, -0.2) is 4.79 Å². The molecule has 2 aliphatic heterocycles. The number of ether oxygens (including phenoxy) is 1. The van der Waals surface area contributed by atoms with Crippen molar-refractivity contribution in [2.24, 2.45) is 10.9 Å². The van der Waals surface area contributed by atoms with Crippen LogP contribution in [0.3, 0.4) is 0 Å². The van der Waals surface area contributed by atoms with E-state index in [4.69, 9.17) is 4.74 Å². The summed E-state index contributed by atoms with van der Waals surface area (Å²) in [6.45, 7) is 17.5. The lowest BCUT2D eigenvalue weighted by Gasteiger charge is -2.30. The molecule has 37 heavy (non-hydrogen) atoms. The van der Waals surface area contributed by atoms with Gasteiger partial charge in [0.25, 0.3) is 0 Å². The molecule has 0 aliphatic carbocycles. The van der Waals surface area contributed by atoms with Gasteiger partial charge in [0, 0.05) is 45.0 Å². The summed E-state index contributed by atoms with van der Waals surface area (Å²) in [6.07, 6.45) is 4.14. The number of allylic oxidation sites excluding steroid dienone is 2. The first-order valence-electron chi connectivity index (χ1n) is 13.2. The zero-order chi connectivity index (χ0) is 28.2. The Bertz CT molecular complexity index is 948. The highest BCUT2D eigenvalue weighted by atomic mass is 16.6. The van der Waals surface area contributed by atoms with E-state index in [0.29, 0.717) is 18.9 Å². The maximum atomic E-state index is 12.3. The molecule has 0 saturated carbocycles. The number of likely N-dealkylation sites (tertiary alicyclic amines) is 1. The van der Waals surface area contributed by atoms with Crippen LogP contribution in [-0.2, 0) is 20.9 Å². The Hall–Kier alpha value is -3.16. The molecule has 1 aromatic rings. The number of rotatable bonds is 6. The minimum absolute atomic E-state index is 0.00212. The smallest absolute Gasteiger partial charge is 0.410 e. The van der Waals surface area contributed by atoms with Crippen LogP contribution in [0, 0.1) is 5.92 Å². The summed E-state index contributed by atoms with van der Waals surface area (Å²) >= 11 is 0. The molecule has 1 fully saturated rings. The summed E-state index contributed by atoms with van der Waals surface area (Å²) < 4.78 is 5.27. The average molecular weight is 515 g/mol. The Balaban J connectivity index is 0.000000350. The molecule has 8 heteroatoms. The van der Waals surface area contributed by atoms with E-state index in [1.807, 2.05) is 64.8 Å². The number of hydrogen-bond acceptors (Lipinski definition) is 5. The average Bonchev–Trinajstić information content (AvgIpc) is 3.50. The van der Waals surface area contributed by atoms with Crippen molar-refractivity contribution in [3.05, 3.63) is 41.1 Å². The summed E-state index contributed by atoms with van der Waals surface area (Å²) in [7, 11) is 1.61. The summed E-state index contributed by atoms with van der Waals surface area (Å²) in [5, 5.41) is 2.65. The Morgan fingerprint density at radius 2 is 1.86 bits per heavy atom. The predicted octanol–water partition coefficient (Wildman–Crippen LogP) is 5.27. The van der Waals surface area contributed by atoms with Crippen LogP contribution in [0.5, 0.6) is 0 Å². The van der Waals surface area contributed by atoms with Gasteiger partial charge in [0.1, 0.15) is 11.6 Å². The lowest BCUT2D eigenvalue weighted by molar-refractivity contribution is -0.134. The van der Waals surface area contributed by atoms with Gasteiger partial charge in [0.05, 0.1) is 0 Å². The predicted molar refractivity (Wildman–Crippen MR) is 150 cm³/mol. The van der Waals surface area contributed by atoms with E-state index in [1.54, 1.807) is 14.0 Å².